The smallest absolute Gasteiger partial charge is 0.129 e. The van der Waals surface area contributed by atoms with E-state index >= 15 is 0 Å². The lowest BCUT2D eigenvalue weighted by molar-refractivity contribution is 0.130. The summed E-state index contributed by atoms with van der Waals surface area (Å²) in [4.78, 5) is 2.27. The molecule has 1 N–H and O–H groups in total. The van der Waals surface area contributed by atoms with Gasteiger partial charge in [0.15, 0.2) is 0 Å². The Bertz CT molecular complexity index is 391. The minimum absolute atomic E-state index is 0.0620. The molecule has 0 radical (unpaired) electrons. The summed E-state index contributed by atoms with van der Waals surface area (Å²) in [6, 6.07) is 3.21. The fourth-order valence-electron chi connectivity index (χ4n) is 2.41. The number of hydrogen-bond acceptors (Lipinski definition) is 2. The second kappa shape index (κ2) is 6.25. The van der Waals surface area contributed by atoms with Crippen molar-refractivity contribution in [2.45, 2.75) is 31.8 Å². The number of rotatable bonds is 4. The normalized spacial score (nSPS) is 18.8. The summed E-state index contributed by atoms with van der Waals surface area (Å²) in [6.07, 6.45) is 3.15. The average molecular weight is 255 g/mol. The molecule has 2 nitrogen and oxygen atoms in total. The van der Waals surface area contributed by atoms with Crippen molar-refractivity contribution in [3.05, 3.63) is 35.4 Å². The van der Waals surface area contributed by atoms with Crippen LogP contribution in [-0.2, 0) is 0 Å². The van der Waals surface area contributed by atoms with E-state index in [4.69, 9.17) is 0 Å². The fraction of sp³-hybridized carbons (Fsp3) is 0.571. The maximum Gasteiger partial charge on any atom is 0.129 e. The van der Waals surface area contributed by atoms with Crippen molar-refractivity contribution in [1.82, 2.24) is 4.90 Å². The Hall–Kier alpha value is -1.00. The van der Waals surface area contributed by atoms with Crippen molar-refractivity contribution in [2.75, 3.05) is 19.6 Å². The van der Waals surface area contributed by atoms with E-state index in [9.17, 15) is 13.9 Å². The van der Waals surface area contributed by atoms with Crippen molar-refractivity contribution < 1.29 is 13.9 Å². The molecule has 0 aromatic heterocycles. The average Bonchev–Trinajstić information content (AvgIpc) is 2.40. The van der Waals surface area contributed by atoms with Gasteiger partial charge >= 0.3 is 0 Å². The monoisotopic (exact) mass is 255 g/mol. The van der Waals surface area contributed by atoms with Gasteiger partial charge in [0.25, 0.3) is 0 Å². The van der Waals surface area contributed by atoms with Crippen LogP contribution in [0.5, 0.6) is 0 Å². The minimum Gasteiger partial charge on any atom is -0.388 e. The fourth-order valence-corrected chi connectivity index (χ4v) is 2.41. The Kier molecular flexibility index (Phi) is 4.66. The van der Waals surface area contributed by atoms with E-state index in [1.807, 2.05) is 0 Å². The predicted molar refractivity (Wildman–Crippen MR) is 66.2 cm³/mol. The molecule has 1 atom stereocenters. The first-order chi connectivity index (χ1) is 8.66. The summed E-state index contributed by atoms with van der Waals surface area (Å²) in [5.41, 5.74) is 0.0620. The SMILES string of the molecule is OC(CCN1CCCCC1)c1cc(F)ccc1F. The molecule has 2 rings (SSSR count). The first kappa shape index (κ1) is 13.4. The van der Waals surface area contributed by atoms with Gasteiger partial charge in [-0.15, -0.1) is 0 Å². The zero-order valence-electron chi connectivity index (χ0n) is 10.4. The molecular weight excluding hydrogens is 236 g/mol. The van der Waals surface area contributed by atoms with Crippen molar-refractivity contribution in [3.63, 3.8) is 0 Å². The molecule has 1 unspecified atom stereocenters. The number of likely N-dealkylation sites (tertiary alicyclic amines) is 1. The van der Waals surface area contributed by atoms with Crippen LogP contribution in [0, 0.1) is 11.6 Å². The third kappa shape index (κ3) is 3.50. The van der Waals surface area contributed by atoms with E-state index < -0.39 is 17.7 Å². The third-order valence-corrected chi connectivity index (χ3v) is 3.48. The molecular formula is C14H19F2NO. The molecule has 1 aromatic rings. The zero-order chi connectivity index (χ0) is 13.0. The molecule has 1 aromatic carbocycles. The van der Waals surface area contributed by atoms with E-state index in [2.05, 4.69) is 4.90 Å². The van der Waals surface area contributed by atoms with Gasteiger partial charge in [-0.25, -0.2) is 8.78 Å². The molecule has 18 heavy (non-hydrogen) atoms. The van der Waals surface area contributed by atoms with Gasteiger partial charge in [0.1, 0.15) is 11.6 Å². The number of aliphatic hydroxyl groups is 1. The van der Waals surface area contributed by atoms with Crippen molar-refractivity contribution in [3.8, 4) is 0 Å². The lowest BCUT2D eigenvalue weighted by Gasteiger charge is -2.27. The molecule has 4 heteroatoms. The Balaban J connectivity index is 1.90. The highest BCUT2D eigenvalue weighted by molar-refractivity contribution is 5.21. The standard InChI is InChI=1S/C14H19F2NO/c15-11-4-5-13(16)12(10-11)14(18)6-9-17-7-2-1-3-8-17/h4-5,10,14,18H,1-3,6-9H2. The van der Waals surface area contributed by atoms with Crippen LogP contribution in [0.3, 0.4) is 0 Å². The molecule has 1 aliphatic rings. The second-order valence-corrected chi connectivity index (χ2v) is 4.87. The third-order valence-electron chi connectivity index (χ3n) is 3.48. The Morgan fingerprint density at radius 2 is 1.89 bits per heavy atom. The van der Waals surface area contributed by atoms with Gasteiger partial charge < -0.3 is 10.0 Å². The predicted octanol–water partition coefficient (Wildman–Crippen LogP) is 2.87. The topological polar surface area (TPSA) is 23.5 Å². The van der Waals surface area contributed by atoms with Gasteiger partial charge in [-0.05, 0) is 50.6 Å². The van der Waals surface area contributed by atoms with E-state index in [-0.39, 0.29) is 5.56 Å². The summed E-state index contributed by atoms with van der Waals surface area (Å²) in [5.74, 6) is -1.05. The number of halogens is 2. The summed E-state index contributed by atoms with van der Waals surface area (Å²) >= 11 is 0. The van der Waals surface area contributed by atoms with Gasteiger partial charge in [0.05, 0.1) is 6.10 Å². The number of nitrogens with zero attached hydrogens (tertiary/aromatic N) is 1. The van der Waals surface area contributed by atoms with Gasteiger partial charge in [0, 0.05) is 12.1 Å². The molecule has 0 aliphatic carbocycles. The van der Waals surface area contributed by atoms with Crippen LogP contribution in [0.2, 0.25) is 0 Å². The van der Waals surface area contributed by atoms with E-state index in [1.54, 1.807) is 0 Å². The Labute approximate surface area is 106 Å². The van der Waals surface area contributed by atoms with Crippen molar-refractivity contribution in [1.29, 1.82) is 0 Å². The van der Waals surface area contributed by atoms with Gasteiger partial charge in [-0.2, -0.15) is 0 Å². The van der Waals surface area contributed by atoms with E-state index in [1.165, 1.54) is 19.3 Å². The van der Waals surface area contributed by atoms with Crippen LogP contribution in [0.4, 0.5) is 8.78 Å². The maximum absolute atomic E-state index is 13.4. The molecule has 0 saturated carbocycles. The lowest BCUT2D eigenvalue weighted by Crippen LogP contribution is -2.31. The maximum atomic E-state index is 13.4. The second-order valence-electron chi connectivity index (χ2n) is 4.87. The number of aliphatic hydroxyl groups excluding tert-OH is 1. The van der Waals surface area contributed by atoms with Gasteiger partial charge in [-0.3, -0.25) is 0 Å². The highest BCUT2D eigenvalue weighted by atomic mass is 19.1. The van der Waals surface area contributed by atoms with Gasteiger partial charge in [0.2, 0.25) is 0 Å². The van der Waals surface area contributed by atoms with E-state index in [0.29, 0.717) is 6.42 Å². The molecule has 100 valence electrons. The molecule has 0 spiro atoms. The van der Waals surface area contributed by atoms with Crippen LogP contribution in [0.15, 0.2) is 18.2 Å². The lowest BCUT2D eigenvalue weighted by atomic mass is 10.0. The van der Waals surface area contributed by atoms with Crippen molar-refractivity contribution in [2.24, 2.45) is 0 Å². The van der Waals surface area contributed by atoms with E-state index in [0.717, 1.165) is 37.8 Å². The van der Waals surface area contributed by atoms with Crippen LogP contribution >= 0.6 is 0 Å². The van der Waals surface area contributed by atoms with Crippen LogP contribution < -0.4 is 0 Å². The molecule has 1 saturated heterocycles. The largest absolute Gasteiger partial charge is 0.388 e. The molecule has 1 fully saturated rings. The highest BCUT2D eigenvalue weighted by Gasteiger charge is 2.16. The number of hydrogen-bond donors (Lipinski definition) is 1. The van der Waals surface area contributed by atoms with Crippen molar-refractivity contribution >= 4 is 0 Å². The van der Waals surface area contributed by atoms with Crippen LogP contribution in [0.1, 0.15) is 37.4 Å². The zero-order valence-corrected chi connectivity index (χ0v) is 10.4. The van der Waals surface area contributed by atoms with Gasteiger partial charge in [-0.1, -0.05) is 6.42 Å². The number of benzene rings is 1. The summed E-state index contributed by atoms with van der Waals surface area (Å²) in [7, 11) is 0. The quantitative estimate of drug-likeness (QED) is 0.894. The molecule has 0 bridgehead atoms. The summed E-state index contributed by atoms with van der Waals surface area (Å²) in [6.45, 7) is 2.81. The first-order valence-electron chi connectivity index (χ1n) is 6.52. The first-order valence-corrected chi connectivity index (χ1v) is 6.52. The Morgan fingerprint density at radius 3 is 2.61 bits per heavy atom. The number of piperidine rings is 1. The molecule has 1 aliphatic heterocycles. The van der Waals surface area contributed by atoms with Crippen LogP contribution in [0.25, 0.3) is 0 Å². The molecule has 0 amide bonds. The van der Waals surface area contributed by atoms with Crippen LogP contribution in [-0.4, -0.2) is 29.6 Å². The minimum atomic E-state index is -0.928. The summed E-state index contributed by atoms with van der Waals surface area (Å²) < 4.78 is 26.5. The highest BCUT2D eigenvalue weighted by Crippen LogP contribution is 2.22. The molecule has 1 heterocycles. The Morgan fingerprint density at radius 1 is 1.17 bits per heavy atom. The summed E-state index contributed by atoms with van der Waals surface area (Å²) in [5, 5.41) is 9.92.